The maximum Gasteiger partial charge on any atom is 0.337 e. The molecule has 0 amide bonds. The van der Waals surface area contributed by atoms with Crippen LogP contribution in [0.25, 0.3) is 0 Å². The largest absolute Gasteiger partial charge is 0.465 e. The van der Waals surface area contributed by atoms with E-state index in [0.717, 1.165) is 0 Å². The summed E-state index contributed by atoms with van der Waals surface area (Å²) in [5.41, 5.74) is 0.335. The Kier molecular flexibility index (Phi) is 3.47. The molecule has 0 N–H and O–H groups in total. The summed E-state index contributed by atoms with van der Waals surface area (Å²) in [6.45, 7) is 0. The van der Waals surface area contributed by atoms with Gasteiger partial charge in [-0.1, -0.05) is 23.2 Å². The number of thiol groups is 1. The number of hydrogen-bond acceptors (Lipinski definition) is 3. The van der Waals surface area contributed by atoms with Crippen LogP contribution in [0, 0.1) is 0 Å². The van der Waals surface area contributed by atoms with Crippen LogP contribution in [-0.4, -0.2) is 13.1 Å². The van der Waals surface area contributed by atoms with E-state index in [4.69, 9.17) is 23.2 Å². The Hall–Kier alpha value is -0.380. The number of halogens is 2. The first-order valence-corrected chi connectivity index (χ1v) is 4.53. The molecule has 1 aromatic carbocycles. The molecule has 1 rings (SSSR count). The SMILES string of the molecule is COC(=O)c1cc(S)c(Cl)c(Cl)c1. The fraction of sp³-hybridized carbons (Fsp3) is 0.125. The Morgan fingerprint density at radius 1 is 1.46 bits per heavy atom. The average molecular weight is 237 g/mol. The molecular formula is C8H6Cl2O2S. The standard InChI is InChI=1S/C8H6Cl2O2S/c1-12-8(11)4-2-5(9)7(10)6(13)3-4/h2-3,13H,1H3. The van der Waals surface area contributed by atoms with Crippen molar-refractivity contribution in [2.75, 3.05) is 7.11 Å². The zero-order chi connectivity index (χ0) is 10.0. The molecule has 0 saturated heterocycles. The van der Waals surface area contributed by atoms with E-state index in [0.29, 0.717) is 15.5 Å². The highest BCUT2D eigenvalue weighted by Gasteiger charge is 2.10. The molecule has 0 bridgehead atoms. The van der Waals surface area contributed by atoms with Gasteiger partial charge in [0.15, 0.2) is 0 Å². The molecule has 2 nitrogen and oxygen atoms in total. The summed E-state index contributed by atoms with van der Waals surface area (Å²) in [5, 5.41) is 0.618. The number of benzene rings is 1. The van der Waals surface area contributed by atoms with Crippen molar-refractivity contribution in [1.29, 1.82) is 0 Å². The Bertz CT molecular complexity index is 329. The van der Waals surface area contributed by atoms with Crippen LogP contribution in [0.5, 0.6) is 0 Å². The topological polar surface area (TPSA) is 26.3 Å². The molecule has 5 heteroatoms. The Morgan fingerprint density at radius 3 is 2.54 bits per heavy atom. The molecule has 0 aromatic heterocycles. The second kappa shape index (κ2) is 4.22. The van der Waals surface area contributed by atoms with Gasteiger partial charge in [-0.2, -0.15) is 0 Å². The minimum atomic E-state index is -0.464. The van der Waals surface area contributed by atoms with Gasteiger partial charge in [0.25, 0.3) is 0 Å². The summed E-state index contributed by atoms with van der Waals surface area (Å²) in [4.78, 5) is 11.5. The Balaban J connectivity index is 3.20. The minimum Gasteiger partial charge on any atom is -0.465 e. The van der Waals surface area contributed by atoms with Gasteiger partial charge in [-0.05, 0) is 12.1 Å². The van der Waals surface area contributed by atoms with E-state index in [2.05, 4.69) is 17.4 Å². The van der Waals surface area contributed by atoms with Crippen molar-refractivity contribution < 1.29 is 9.53 Å². The number of carbonyl (C=O) groups excluding carboxylic acids is 1. The lowest BCUT2D eigenvalue weighted by atomic mass is 10.2. The molecule has 0 unspecified atom stereocenters. The minimum absolute atomic E-state index is 0.287. The van der Waals surface area contributed by atoms with Gasteiger partial charge in [0.2, 0.25) is 0 Å². The van der Waals surface area contributed by atoms with Gasteiger partial charge in [-0.15, -0.1) is 12.6 Å². The number of ether oxygens (including phenoxy) is 1. The molecule has 0 radical (unpaired) electrons. The molecule has 0 fully saturated rings. The van der Waals surface area contributed by atoms with Crippen molar-refractivity contribution in [3.05, 3.63) is 27.7 Å². The molecule has 0 atom stereocenters. The summed E-state index contributed by atoms with van der Waals surface area (Å²) in [7, 11) is 1.29. The summed E-state index contributed by atoms with van der Waals surface area (Å²) in [6.07, 6.45) is 0. The van der Waals surface area contributed by atoms with Crippen LogP contribution in [0.1, 0.15) is 10.4 Å². The first-order valence-electron chi connectivity index (χ1n) is 3.32. The maximum absolute atomic E-state index is 11.1. The van der Waals surface area contributed by atoms with E-state index >= 15 is 0 Å². The summed E-state index contributed by atoms with van der Waals surface area (Å²) in [6, 6.07) is 2.94. The van der Waals surface area contributed by atoms with Gasteiger partial charge in [0.1, 0.15) is 0 Å². The van der Waals surface area contributed by atoms with E-state index in [1.54, 1.807) is 0 Å². The van der Waals surface area contributed by atoms with E-state index in [-0.39, 0.29) is 5.02 Å². The van der Waals surface area contributed by atoms with Crippen molar-refractivity contribution in [1.82, 2.24) is 0 Å². The molecule has 0 aliphatic carbocycles. The quantitative estimate of drug-likeness (QED) is 0.600. The molecular weight excluding hydrogens is 231 g/mol. The lowest BCUT2D eigenvalue weighted by molar-refractivity contribution is 0.0600. The predicted octanol–water partition coefficient (Wildman–Crippen LogP) is 3.07. The summed E-state index contributed by atoms with van der Waals surface area (Å²) >= 11 is 15.5. The number of rotatable bonds is 1. The molecule has 0 heterocycles. The highest BCUT2D eigenvalue weighted by Crippen LogP contribution is 2.30. The maximum atomic E-state index is 11.1. The fourth-order valence-electron chi connectivity index (χ4n) is 0.810. The van der Waals surface area contributed by atoms with Crippen LogP contribution >= 0.6 is 35.8 Å². The van der Waals surface area contributed by atoms with Crippen LogP contribution in [-0.2, 0) is 4.74 Å². The van der Waals surface area contributed by atoms with Gasteiger partial charge < -0.3 is 4.74 Å². The highest BCUT2D eigenvalue weighted by molar-refractivity contribution is 7.80. The predicted molar refractivity (Wildman–Crippen MR) is 55.1 cm³/mol. The van der Waals surface area contributed by atoms with Crippen molar-refractivity contribution in [3.63, 3.8) is 0 Å². The zero-order valence-electron chi connectivity index (χ0n) is 6.67. The lowest BCUT2D eigenvalue weighted by Crippen LogP contribution is -2.01. The lowest BCUT2D eigenvalue weighted by Gasteiger charge is -2.03. The van der Waals surface area contributed by atoms with E-state index in [1.807, 2.05) is 0 Å². The molecule has 0 aliphatic heterocycles. The first kappa shape index (κ1) is 10.7. The second-order valence-corrected chi connectivity index (χ2v) is 3.55. The van der Waals surface area contributed by atoms with E-state index < -0.39 is 5.97 Å². The molecule has 0 spiro atoms. The smallest absolute Gasteiger partial charge is 0.337 e. The van der Waals surface area contributed by atoms with Gasteiger partial charge in [0, 0.05) is 4.90 Å². The van der Waals surface area contributed by atoms with Gasteiger partial charge in [-0.3, -0.25) is 0 Å². The Labute approximate surface area is 91.2 Å². The van der Waals surface area contributed by atoms with Crippen molar-refractivity contribution in [2.24, 2.45) is 0 Å². The van der Waals surface area contributed by atoms with Crippen molar-refractivity contribution in [3.8, 4) is 0 Å². The number of methoxy groups -OCH3 is 1. The van der Waals surface area contributed by atoms with Crippen LogP contribution < -0.4 is 0 Å². The van der Waals surface area contributed by atoms with E-state index in [1.165, 1.54) is 19.2 Å². The van der Waals surface area contributed by atoms with Crippen LogP contribution in [0.4, 0.5) is 0 Å². The summed E-state index contributed by atoms with van der Waals surface area (Å²) in [5.74, 6) is -0.464. The fourth-order valence-corrected chi connectivity index (χ4v) is 1.46. The highest BCUT2D eigenvalue weighted by atomic mass is 35.5. The van der Waals surface area contributed by atoms with Crippen LogP contribution in [0.15, 0.2) is 17.0 Å². The van der Waals surface area contributed by atoms with Crippen molar-refractivity contribution in [2.45, 2.75) is 4.90 Å². The third-order valence-electron chi connectivity index (χ3n) is 1.43. The number of hydrogen-bond donors (Lipinski definition) is 1. The average Bonchev–Trinajstić information content (AvgIpc) is 2.12. The van der Waals surface area contributed by atoms with Crippen LogP contribution in [0.3, 0.4) is 0 Å². The third-order valence-corrected chi connectivity index (χ3v) is 2.72. The number of carbonyl (C=O) groups is 1. The molecule has 0 saturated carbocycles. The molecule has 13 heavy (non-hydrogen) atoms. The van der Waals surface area contributed by atoms with Gasteiger partial charge in [0.05, 0.1) is 22.7 Å². The third kappa shape index (κ3) is 2.30. The zero-order valence-corrected chi connectivity index (χ0v) is 9.08. The first-order chi connectivity index (χ1) is 6.06. The monoisotopic (exact) mass is 236 g/mol. The Morgan fingerprint density at radius 2 is 2.08 bits per heavy atom. The molecule has 0 aliphatic rings. The second-order valence-electron chi connectivity index (χ2n) is 2.28. The van der Waals surface area contributed by atoms with Crippen LogP contribution in [0.2, 0.25) is 10.0 Å². The van der Waals surface area contributed by atoms with Gasteiger partial charge >= 0.3 is 5.97 Å². The van der Waals surface area contributed by atoms with E-state index in [9.17, 15) is 4.79 Å². The molecule has 70 valence electrons. The van der Waals surface area contributed by atoms with Gasteiger partial charge in [-0.25, -0.2) is 4.79 Å². The summed E-state index contributed by atoms with van der Waals surface area (Å²) < 4.78 is 4.51. The molecule has 1 aromatic rings. The van der Waals surface area contributed by atoms with Crippen molar-refractivity contribution >= 4 is 41.8 Å². The normalized spacial score (nSPS) is 9.85. The number of esters is 1.